The summed E-state index contributed by atoms with van der Waals surface area (Å²) in [7, 11) is 0. The quantitative estimate of drug-likeness (QED) is 0.675. The second-order valence-corrected chi connectivity index (χ2v) is 7.21. The van der Waals surface area contributed by atoms with Gasteiger partial charge in [0, 0.05) is 31.2 Å². The van der Waals surface area contributed by atoms with Crippen molar-refractivity contribution < 1.29 is 0 Å². The zero-order chi connectivity index (χ0) is 14.3. The number of nitrogens with one attached hydrogen (secondary N) is 1. The number of rotatable bonds is 9. The summed E-state index contributed by atoms with van der Waals surface area (Å²) in [4.78, 5) is 2.63. The Morgan fingerprint density at radius 2 is 1.39 bits per heavy atom. The molecule has 2 heteroatoms. The highest BCUT2D eigenvalue weighted by Gasteiger charge is 2.20. The van der Waals surface area contributed by atoms with Gasteiger partial charge in [0.05, 0.1) is 0 Å². The smallest absolute Gasteiger partial charge is 0.0192 e. The second kappa shape index (κ2) is 8.16. The summed E-state index contributed by atoms with van der Waals surface area (Å²) in [6.45, 7) is 21.9. The van der Waals surface area contributed by atoms with Crippen molar-refractivity contribution in [3.8, 4) is 0 Å². The van der Waals surface area contributed by atoms with Crippen LogP contribution >= 0.6 is 0 Å². The zero-order valence-electron chi connectivity index (χ0n) is 14.0. The van der Waals surface area contributed by atoms with Gasteiger partial charge in [-0.05, 0) is 39.0 Å². The Morgan fingerprint density at radius 3 is 1.72 bits per heavy atom. The van der Waals surface area contributed by atoms with E-state index in [1.807, 2.05) is 0 Å². The van der Waals surface area contributed by atoms with Gasteiger partial charge in [0.1, 0.15) is 0 Å². The van der Waals surface area contributed by atoms with Crippen molar-refractivity contribution in [1.29, 1.82) is 0 Å². The Bertz CT molecular complexity index is 199. The van der Waals surface area contributed by atoms with Gasteiger partial charge in [-0.25, -0.2) is 0 Å². The molecule has 0 aliphatic heterocycles. The predicted molar refractivity (Wildman–Crippen MR) is 83.1 cm³/mol. The van der Waals surface area contributed by atoms with Crippen LogP contribution in [-0.4, -0.2) is 36.1 Å². The van der Waals surface area contributed by atoms with Crippen LogP contribution in [0.3, 0.4) is 0 Å². The van der Waals surface area contributed by atoms with E-state index in [0.717, 1.165) is 18.4 Å². The lowest BCUT2D eigenvalue weighted by molar-refractivity contribution is 0.155. The third-order valence-corrected chi connectivity index (χ3v) is 3.58. The van der Waals surface area contributed by atoms with Crippen molar-refractivity contribution in [3.63, 3.8) is 0 Å². The Kier molecular flexibility index (Phi) is 8.13. The molecule has 0 aromatic heterocycles. The molecule has 0 bridgehead atoms. The van der Waals surface area contributed by atoms with Crippen LogP contribution < -0.4 is 5.32 Å². The van der Waals surface area contributed by atoms with E-state index in [0.29, 0.717) is 6.04 Å². The van der Waals surface area contributed by atoms with E-state index in [-0.39, 0.29) is 5.54 Å². The largest absolute Gasteiger partial charge is 0.310 e. The van der Waals surface area contributed by atoms with E-state index in [1.54, 1.807) is 0 Å². The van der Waals surface area contributed by atoms with Crippen LogP contribution in [0.4, 0.5) is 0 Å². The highest BCUT2D eigenvalue weighted by molar-refractivity contribution is 4.80. The van der Waals surface area contributed by atoms with Gasteiger partial charge in [-0.3, -0.25) is 4.90 Å². The molecular formula is C16H36N2. The van der Waals surface area contributed by atoms with Crippen LogP contribution in [0.15, 0.2) is 0 Å². The molecule has 0 spiro atoms. The molecule has 1 atom stereocenters. The Balaban J connectivity index is 4.32. The molecule has 110 valence electrons. The minimum atomic E-state index is 0.260. The molecule has 0 heterocycles. The number of hydrogen-bond donors (Lipinski definition) is 1. The summed E-state index contributed by atoms with van der Waals surface area (Å²) in [5, 5.41) is 3.69. The Hall–Kier alpha value is -0.0800. The van der Waals surface area contributed by atoms with E-state index in [2.05, 4.69) is 65.6 Å². The summed E-state index contributed by atoms with van der Waals surface area (Å²) in [6, 6.07) is 0.612. The standard InChI is InChI=1S/C16H36N2/c1-9-16(7,8)17-10-15(6)18(11-13(2)3)12-14(4)5/h13-15,17H,9-12H2,1-8H3. The maximum atomic E-state index is 3.69. The first-order chi connectivity index (χ1) is 8.18. The van der Waals surface area contributed by atoms with Crippen molar-refractivity contribution in [1.82, 2.24) is 10.2 Å². The highest BCUT2D eigenvalue weighted by Crippen LogP contribution is 2.11. The van der Waals surface area contributed by atoms with E-state index < -0.39 is 0 Å². The highest BCUT2D eigenvalue weighted by atomic mass is 15.2. The summed E-state index contributed by atoms with van der Waals surface area (Å²) in [6.07, 6.45) is 1.17. The zero-order valence-corrected chi connectivity index (χ0v) is 14.0. The lowest BCUT2D eigenvalue weighted by Gasteiger charge is -2.35. The van der Waals surface area contributed by atoms with Crippen LogP contribution in [0.2, 0.25) is 0 Å². The molecule has 0 aliphatic carbocycles. The van der Waals surface area contributed by atoms with Gasteiger partial charge in [0.25, 0.3) is 0 Å². The second-order valence-electron chi connectivity index (χ2n) is 7.21. The topological polar surface area (TPSA) is 15.3 Å². The molecule has 0 saturated carbocycles. The first-order valence-electron chi connectivity index (χ1n) is 7.67. The number of hydrogen-bond acceptors (Lipinski definition) is 2. The first kappa shape index (κ1) is 17.9. The van der Waals surface area contributed by atoms with Gasteiger partial charge < -0.3 is 5.32 Å². The minimum absolute atomic E-state index is 0.260. The fraction of sp³-hybridized carbons (Fsp3) is 1.00. The third kappa shape index (κ3) is 8.10. The fourth-order valence-corrected chi connectivity index (χ4v) is 2.05. The van der Waals surface area contributed by atoms with Crippen molar-refractivity contribution in [3.05, 3.63) is 0 Å². The monoisotopic (exact) mass is 256 g/mol. The van der Waals surface area contributed by atoms with Crippen molar-refractivity contribution in [2.75, 3.05) is 19.6 Å². The average Bonchev–Trinajstić information content (AvgIpc) is 2.24. The van der Waals surface area contributed by atoms with E-state index >= 15 is 0 Å². The molecule has 18 heavy (non-hydrogen) atoms. The summed E-state index contributed by atoms with van der Waals surface area (Å²) < 4.78 is 0. The molecule has 0 aromatic rings. The molecular weight excluding hydrogens is 220 g/mol. The third-order valence-electron chi connectivity index (χ3n) is 3.58. The Morgan fingerprint density at radius 1 is 0.944 bits per heavy atom. The molecule has 0 amide bonds. The van der Waals surface area contributed by atoms with Crippen LogP contribution in [0.25, 0.3) is 0 Å². The molecule has 0 radical (unpaired) electrons. The Labute approximate surface area is 116 Å². The molecule has 0 fully saturated rings. The van der Waals surface area contributed by atoms with Gasteiger partial charge in [-0.15, -0.1) is 0 Å². The van der Waals surface area contributed by atoms with E-state index in [9.17, 15) is 0 Å². The molecule has 2 nitrogen and oxygen atoms in total. The normalized spacial score (nSPS) is 14.8. The molecule has 1 unspecified atom stereocenters. The number of nitrogens with zero attached hydrogens (tertiary/aromatic N) is 1. The maximum Gasteiger partial charge on any atom is 0.0192 e. The summed E-state index contributed by atoms with van der Waals surface area (Å²) in [5.41, 5.74) is 0.260. The molecule has 0 saturated heterocycles. The van der Waals surface area contributed by atoms with Crippen LogP contribution in [0, 0.1) is 11.8 Å². The summed E-state index contributed by atoms with van der Waals surface area (Å²) in [5.74, 6) is 1.48. The van der Waals surface area contributed by atoms with Gasteiger partial charge in [-0.1, -0.05) is 34.6 Å². The molecule has 0 rings (SSSR count). The molecule has 0 aromatic carbocycles. The van der Waals surface area contributed by atoms with Crippen molar-refractivity contribution in [2.24, 2.45) is 11.8 Å². The first-order valence-corrected chi connectivity index (χ1v) is 7.67. The lowest BCUT2D eigenvalue weighted by Crippen LogP contribution is -2.49. The van der Waals surface area contributed by atoms with E-state index in [4.69, 9.17) is 0 Å². The van der Waals surface area contributed by atoms with Gasteiger partial charge >= 0.3 is 0 Å². The average molecular weight is 256 g/mol. The van der Waals surface area contributed by atoms with Crippen LogP contribution in [0.5, 0.6) is 0 Å². The van der Waals surface area contributed by atoms with Crippen LogP contribution in [0.1, 0.15) is 61.8 Å². The van der Waals surface area contributed by atoms with Gasteiger partial charge in [-0.2, -0.15) is 0 Å². The van der Waals surface area contributed by atoms with Crippen LogP contribution in [-0.2, 0) is 0 Å². The lowest BCUT2D eigenvalue weighted by atomic mass is 10.0. The molecule has 1 N–H and O–H groups in total. The summed E-state index contributed by atoms with van der Waals surface area (Å²) >= 11 is 0. The van der Waals surface area contributed by atoms with Gasteiger partial charge in [0.2, 0.25) is 0 Å². The van der Waals surface area contributed by atoms with E-state index in [1.165, 1.54) is 19.5 Å². The van der Waals surface area contributed by atoms with Gasteiger partial charge in [0.15, 0.2) is 0 Å². The fourth-order valence-electron chi connectivity index (χ4n) is 2.05. The maximum absolute atomic E-state index is 3.69. The van der Waals surface area contributed by atoms with Crippen molar-refractivity contribution >= 4 is 0 Å². The minimum Gasteiger partial charge on any atom is -0.310 e. The SMILES string of the molecule is CCC(C)(C)NCC(C)N(CC(C)C)CC(C)C. The molecule has 0 aliphatic rings. The van der Waals surface area contributed by atoms with Crippen molar-refractivity contribution in [2.45, 2.75) is 73.4 Å². The predicted octanol–water partition coefficient (Wildman–Crippen LogP) is 3.77.